The van der Waals surface area contributed by atoms with Crippen LogP contribution in [-0.4, -0.2) is 23.0 Å². The normalized spacial score (nSPS) is 13.5. The van der Waals surface area contributed by atoms with Crippen LogP contribution in [-0.2, 0) is 11.4 Å². The van der Waals surface area contributed by atoms with Gasteiger partial charge in [0.15, 0.2) is 17.4 Å². The molecular formula is C18H13F4NO4. The van der Waals surface area contributed by atoms with Gasteiger partial charge in [-0.25, -0.2) is 8.78 Å². The quantitative estimate of drug-likeness (QED) is 0.448. The van der Waals surface area contributed by atoms with E-state index in [9.17, 15) is 27.2 Å². The number of ether oxygens (including phenoxy) is 1. The number of benzene rings is 2. The summed E-state index contributed by atoms with van der Waals surface area (Å²) in [6.45, 7) is 1.76. The van der Waals surface area contributed by atoms with Crippen LogP contribution in [0.2, 0.25) is 0 Å². The minimum atomic E-state index is -1.74. The van der Waals surface area contributed by atoms with Crippen molar-refractivity contribution in [3.63, 3.8) is 0 Å². The third kappa shape index (κ3) is 3.14. The third-order valence-corrected chi connectivity index (χ3v) is 3.76. The number of hydrogen-bond donors (Lipinski definition) is 0. The Labute approximate surface area is 151 Å². The summed E-state index contributed by atoms with van der Waals surface area (Å²) in [5.41, 5.74) is -1.03. The Hall–Kier alpha value is -2.94. The standard InChI is InChI=1S/C18H13F4NO4/c1-8(2)27-16-14(21)12(19)11(13(20)15(16)22)7-26-23-17(24)9-5-3-4-6-10(9)18(23)25/h3-6,8H,7H2,1-2H3. The molecule has 0 aromatic heterocycles. The Morgan fingerprint density at radius 3 is 1.81 bits per heavy atom. The second-order valence-electron chi connectivity index (χ2n) is 5.95. The number of nitrogens with zero attached hydrogens (tertiary/aromatic N) is 1. The fourth-order valence-corrected chi connectivity index (χ4v) is 2.54. The van der Waals surface area contributed by atoms with Gasteiger partial charge < -0.3 is 4.74 Å². The van der Waals surface area contributed by atoms with E-state index in [0.717, 1.165) is 0 Å². The van der Waals surface area contributed by atoms with Crippen molar-refractivity contribution in [2.45, 2.75) is 26.6 Å². The van der Waals surface area contributed by atoms with Crippen LogP contribution >= 0.6 is 0 Å². The number of fused-ring (bicyclic) bond motifs is 1. The molecule has 0 bridgehead atoms. The molecule has 0 aliphatic carbocycles. The number of halogens is 4. The lowest BCUT2D eigenvalue weighted by Crippen LogP contribution is -2.30. The fourth-order valence-electron chi connectivity index (χ4n) is 2.54. The largest absolute Gasteiger partial charge is 0.485 e. The molecule has 1 aliphatic heterocycles. The molecule has 27 heavy (non-hydrogen) atoms. The van der Waals surface area contributed by atoms with Gasteiger partial charge in [0.1, 0.15) is 6.61 Å². The lowest BCUT2D eigenvalue weighted by molar-refractivity contribution is -0.102. The Balaban J connectivity index is 1.88. The van der Waals surface area contributed by atoms with Crippen LogP contribution < -0.4 is 4.74 Å². The van der Waals surface area contributed by atoms with Crippen molar-refractivity contribution in [3.8, 4) is 5.75 Å². The van der Waals surface area contributed by atoms with Crippen molar-refractivity contribution in [3.05, 3.63) is 64.2 Å². The highest BCUT2D eigenvalue weighted by molar-refractivity contribution is 6.20. The molecule has 9 heteroatoms. The van der Waals surface area contributed by atoms with Crippen molar-refractivity contribution >= 4 is 11.8 Å². The van der Waals surface area contributed by atoms with E-state index in [4.69, 9.17) is 9.57 Å². The van der Waals surface area contributed by atoms with Gasteiger partial charge in [-0.2, -0.15) is 8.78 Å². The second-order valence-corrected chi connectivity index (χ2v) is 5.95. The second kappa shape index (κ2) is 6.99. The Morgan fingerprint density at radius 2 is 1.37 bits per heavy atom. The Morgan fingerprint density at radius 1 is 0.889 bits per heavy atom. The van der Waals surface area contributed by atoms with E-state index < -0.39 is 59.1 Å². The molecule has 142 valence electrons. The predicted octanol–water partition coefficient (Wildman–Crippen LogP) is 3.76. The average Bonchev–Trinajstić information content (AvgIpc) is 2.88. The van der Waals surface area contributed by atoms with Gasteiger partial charge in [-0.1, -0.05) is 12.1 Å². The molecular weight excluding hydrogens is 370 g/mol. The molecule has 1 heterocycles. The summed E-state index contributed by atoms with van der Waals surface area (Å²) < 4.78 is 61.1. The molecule has 2 aromatic carbocycles. The number of carbonyl (C=O) groups excluding carboxylic acids is 2. The van der Waals surface area contributed by atoms with Gasteiger partial charge in [0.25, 0.3) is 11.8 Å². The monoisotopic (exact) mass is 383 g/mol. The van der Waals surface area contributed by atoms with E-state index in [1.807, 2.05) is 0 Å². The molecule has 0 N–H and O–H groups in total. The molecule has 0 radical (unpaired) electrons. The van der Waals surface area contributed by atoms with E-state index in [2.05, 4.69) is 0 Å². The SMILES string of the molecule is CC(C)Oc1c(F)c(F)c(CON2C(=O)c3ccccc3C2=O)c(F)c1F. The van der Waals surface area contributed by atoms with E-state index >= 15 is 0 Å². The van der Waals surface area contributed by atoms with Gasteiger partial charge in [0, 0.05) is 0 Å². The number of hydrogen-bond acceptors (Lipinski definition) is 4. The lowest BCUT2D eigenvalue weighted by atomic mass is 10.1. The van der Waals surface area contributed by atoms with E-state index in [1.165, 1.54) is 38.1 Å². The number of imide groups is 1. The fraction of sp³-hybridized carbons (Fsp3) is 0.222. The zero-order valence-electron chi connectivity index (χ0n) is 14.2. The van der Waals surface area contributed by atoms with Crippen LogP contribution in [0.1, 0.15) is 40.1 Å². The van der Waals surface area contributed by atoms with Gasteiger partial charge in [0.2, 0.25) is 11.6 Å². The van der Waals surface area contributed by atoms with Crippen LogP contribution in [0, 0.1) is 23.3 Å². The molecule has 0 atom stereocenters. The van der Waals surface area contributed by atoms with Crippen LogP contribution in [0.5, 0.6) is 5.75 Å². The number of hydroxylamine groups is 2. The molecule has 2 amide bonds. The van der Waals surface area contributed by atoms with Crippen molar-refractivity contribution in [2.24, 2.45) is 0 Å². The van der Waals surface area contributed by atoms with E-state index in [-0.39, 0.29) is 16.2 Å². The first-order valence-electron chi connectivity index (χ1n) is 7.86. The van der Waals surface area contributed by atoms with Gasteiger partial charge in [-0.15, -0.1) is 5.06 Å². The van der Waals surface area contributed by atoms with Crippen molar-refractivity contribution < 1.29 is 36.7 Å². The third-order valence-electron chi connectivity index (χ3n) is 3.76. The molecule has 1 aliphatic rings. The maximum absolute atomic E-state index is 14.2. The first-order chi connectivity index (χ1) is 12.7. The topological polar surface area (TPSA) is 55.8 Å². The first-order valence-corrected chi connectivity index (χ1v) is 7.86. The highest BCUT2D eigenvalue weighted by Crippen LogP contribution is 2.32. The summed E-state index contributed by atoms with van der Waals surface area (Å²) in [7, 11) is 0. The zero-order chi connectivity index (χ0) is 19.9. The summed E-state index contributed by atoms with van der Waals surface area (Å²) in [6.07, 6.45) is -0.728. The van der Waals surface area contributed by atoms with Crippen molar-refractivity contribution in [1.29, 1.82) is 0 Å². The molecule has 0 spiro atoms. The maximum Gasteiger partial charge on any atom is 0.285 e. The van der Waals surface area contributed by atoms with Gasteiger partial charge in [-0.3, -0.25) is 14.4 Å². The molecule has 2 aromatic rings. The van der Waals surface area contributed by atoms with Crippen LogP contribution in [0.25, 0.3) is 0 Å². The summed E-state index contributed by atoms with van der Waals surface area (Å²) in [6, 6.07) is 5.78. The Kier molecular flexibility index (Phi) is 4.88. The minimum Gasteiger partial charge on any atom is -0.485 e. The van der Waals surface area contributed by atoms with E-state index in [0.29, 0.717) is 0 Å². The van der Waals surface area contributed by atoms with Gasteiger partial charge >= 0.3 is 0 Å². The van der Waals surface area contributed by atoms with Gasteiger partial charge in [-0.05, 0) is 26.0 Å². The molecule has 0 saturated carbocycles. The predicted molar refractivity (Wildman–Crippen MR) is 83.8 cm³/mol. The lowest BCUT2D eigenvalue weighted by Gasteiger charge is -2.17. The van der Waals surface area contributed by atoms with Crippen molar-refractivity contribution in [1.82, 2.24) is 5.06 Å². The molecule has 0 saturated heterocycles. The molecule has 5 nitrogen and oxygen atoms in total. The molecule has 0 unspecified atom stereocenters. The Bertz CT molecular complexity index is 881. The van der Waals surface area contributed by atoms with Crippen LogP contribution in [0.3, 0.4) is 0 Å². The first kappa shape index (κ1) is 18.8. The summed E-state index contributed by atoms with van der Waals surface area (Å²) in [4.78, 5) is 29.1. The minimum absolute atomic E-state index is 0.0430. The molecule has 3 rings (SSSR count). The zero-order valence-corrected chi connectivity index (χ0v) is 14.2. The summed E-state index contributed by atoms with van der Waals surface area (Å²) in [5, 5.41) is 0.290. The number of rotatable bonds is 5. The number of carbonyl (C=O) groups is 2. The smallest absolute Gasteiger partial charge is 0.285 e. The van der Waals surface area contributed by atoms with Crippen LogP contribution in [0.4, 0.5) is 17.6 Å². The van der Waals surface area contributed by atoms with E-state index in [1.54, 1.807) is 0 Å². The average molecular weight is 383 g/mol. The molecule has 0 fully saturated rings. The maximum atomic E-state index is 14.2. The summed E-state index contributed by atoms with van der Waals surface area (Å²) in [5.74, 6) is -9.83. The summed E-state index contributed by atoms with van der Waals surface area (Å²) >= 11 is 0. The number of amides is 2. The van der Waals surface area contributed by atoms with Crippen LogP contribution in [0.15, 0.2) is 24.3 Å². The van der Waals surface area contributed by atoms with Crippen molar-refractivity contribution in [2.75, 3.05) is 0 Å². The van der Waals surface area contributed by atoms with Gasteiger partial charge in [0.05, 0.1) is 22.8 Å². The highest BCUT2D eigenvalue weighted by atomic mass is 19.2. The highest BCUT2D eigenvalue weighted by Gasteiger charge is 2.37.